The van der Waals surface area contributed by atoms with Crippen molar-refractivity contribution in [2.75, 3.05) is 6.61 Å². The molecular weight excluding hydrogens is 252 g/mol. The van der Waals surface area contributed by atoms with Gasteiger partial charge in [0, 0.05) is 19.0 Å². The van der Waals surface area contributed by atoms with E-state index in [-0.39, 0.29) is 11.9 Å². The number of carbonyl (C=O) groups is 1. The molecule has 1 aromatic rings. The largest absolute Gasteiger partial charge is 0.493 e. The molecule has 4 heteroatoms. The molecule has 0 bridgehead atoms. The fraction of sp³-hybridized carbons (Fsp3) is 0.562. The van der Waals surface area contributed by atoms with Gasteiger partial charge in [-0.1, -0.05) is 26.0 Å². The second-order valence-corrected chi connectivity index (χ2v) is 5.64. The highest BCUT2D eigenvalue weighted by atomic mass is 16.5. The van der Waals surface area contributed by atoms with E-state index in [1.165, 1.54) is 0 Å². The summed E-state index contributed by atoms with van der Waals surface area (Å²) < 4.78 is 5.66. The van der Waals surface area contributed by atoms with E-state index in [0.717, 1.165) is 11.3 Å². The van der Waals surface area contributed by atoms with Crippen LogP contribution in [0.4, 0.5) is 0 Å². The van der Waals surface area contributed by atoms with Gasteiger partial charge >= 0.3 is 0 Å². The number of rotatable bonds is 8. The third kappa shape index (κ3) is 7.14. The first-order chi connectivity index (χ1) is 9.47. The van der Waals surface area contributed by atoms with Gasteiger partial charge in [0.1, 0.15) is 5.75 Å². The first-order valence-electron chi connectivity index (χ1n) is 7.21. The Balaban J connectivity index is 2.40. The van der Waals surface area contributed by atoms with Crippen molar-refractivity contribution < 1.29 is 9.53 Å². The molecule has 1 aromatic carbocycles. The van der Waals surface area contributed by atoms with Crippen LogP contribution in [0.5, 0.6) is 5.75 Å². The van der Waals surface area contributed by atoms with Crippen LogP contribution in [0.25, 0.3) is 0 Å². The minimum atomic E-state index is 0.0378. The summed E-state index contributed by atoms with van der Waals surface area (Å²) in [5.41, 5.74) is 6.67. The molecule has 3 N–H and O–H groups in total. The van der Waals surface area contributed by atoms with Gasteiger partial charge in [0.15, 0.2) is 0 Å². The molecule has 0 heterocycles. The lowest BCUT2D eigenvalue weighted by Gasteiger charge is -2.11. The summed E-state index contributed by atoms with van der Waals surface area (Å²) in [6.45, 7) is 7.36. The van der Waals surface area contributed by atoms with Gasteiger partial charge < -0.3 is 15.8 Å². The van der Waals surface area contributed by atoms with E-state index < -0.39 is 0 Å². The van der Waals surface area contributed by atoms with E-state index in [1.54, 1.807) is 0 Å². The Labute approximate surface area is 121 Å². The van der Waals surface area contributed by atoms with Gasteiger partial charge in [0.25, 0.3) is 0 Å². The second-order valence-electron chi connectivity index (χ2n) is 5.64. The average Bonchev–Trinajstić information content (AvgIpc) is 2.41. The van der Waals surface area contributed by atoms with Crippen molar-refractivity contribution in [1.29, 1.82) is 0 Å². The smallest absolute Gasteiger partial charge is 0.220 e. The van der Waals surface area contributed by atoms with Gasteiger partial charge in [-0.15, -0.1) is 0 Å². The molecule has 0 aromatic heterocycles. The Morgan fingerprint density at radius 3 is 2.75 bits per heavy atom. The third-order valence-electron chi connectivity index (χ3n) is 2.80. The highest BCUT2D eigenvalue weighted by Gasteiger charge is 2.04. The van der Waals surface area contributed by atoms with Crippen LogP contribution in [0.2, 0.25) is 0 Å². The Morgan fingerprint density at radius 1 is 1.35 bits per heavy atom. The molecule has 0 saturated carbocycles. The molecule has 112 valence electrons. The van der Waals surface area contributed by atoms with Crippen LogP contribution in [0.1, 0.15) is 39.2 Å². The number of nitrogens with one attached hydrogen (secondary N) is 1. The number of benzene rings is 1. The monoisotopic (exact) mass is 278 g/mol. The van der Waals surface area contributed by atoms with E-state index in [1.807, 2.05) is 31.2 Å². The molecule has 1 rings (SSSR count). The van der Waals surface area contributed by atoms with E-state index in [2.05, 4.69) is 19.2 Å². The standard InChI is InChI=1S/C16H26N2O2/c1-12(2)11-20-15-6-4-5-14(9-15)10-18-16(19)8-7-13(3)17/h4-6,9,12-13H,7-8,10-11,17H2,1-3H3,(H,18,19). The number of amides is 1. The minimum absolute atomic E-state index is 0.0378. The van der Waals surface area contributed by atoms with Crippen molar-refractivity contribution >= 4 is 5.91 Å². The highest BCUT2D eigenvalue weighted by Crippen LogP contribution is 2.14. The van der Waals surface area contributed by atoms with Crippen molar-refractivity contribution in [3.8, 4) is 5.75 Å². The minimum Gasteiger partial charge on any atom is -0.493 e. The van der Waals surface area contributed by atoms with Gasteiger partial charge in [0.05, 0.1) is 6.61 Å². The fourth-order valence-corrected chi connectivity index (χ4v) is 1.66. The topological polar surface area (TPSA) is 64.3 Å². The number of hydrogen-bond acceptors (Lipinski definition) is 3. The van der Waals surface area contributed by atoms with Gasteiger partial charge in [-0.2, -0.15) is 0 Å². The maximum Gasteiger partial charge on any atom is 0.220 e. The molecule has 0 saturated heterocycles. The van der Waals surface area contributed by atoms with Crippen molar-refractivity contribution in [1.82, 2.24) is 5.32 Å². The zero-order valence-corrected chi connectivity index (χ0v) is 12.7. The highest BCUT2D eigenvalue weighted by molar-refractivity contribution is 5.75. The molecule has 4 nitrogen and oxygen atoms in total. The molecule has 1 atom stereocenters. The van der Waals surface area contributed by atoms with Crippen LogP contribution in [-0.4, -0.2) is 18.6 Å². The molecule has 0 aliphatic carbocycles. The van der Waals surface area contributed by atoms with Crippen molar-refractivity contribution in [2.24, 2.45) is 11.7 Å². The summed E-state index contributed by atoms with van der Waals surface area (Å²) in [5.74, 6) is 1.38. The fourth-order valence-electron chi connectivity index (χ4n) is 1.66. The Bertz CT molecular complexity index is 417. The lowest BCUT2D eigenvalue weighted by atomic mass is 10.1. The lowest BCUT2D eigenvalue weighted by molar-refractivity contribution is -0.121. The SMILES string of the molecule is CC(C)COc1cccc(CNC(=O)CCC(C)N)c1. The Kier molecular flexibility index (Phi) is 7.09. The third-order valence-corrected chi connectivity index (χ3v) is 2.80. The number of carbonyl (C=O) groups excluding carboxylic acids is 1. The van der Waals surface area contributed by atoms with E-state index in [4.69, 9.17) is 10.5 Å². The summed E-state index contributed by atoms with van der Waals surface area (Å²) in [4.78, 5) is 11.6. The molecule has 1 amide bonds. The molecule has 0 fully saturated rings. The molecule has 0 aliphatic rings. The zero-order valence-electron chi connectivity index (χ0n) is 12.7. The van der Waals surface area contributed by atoms with E-state index in [0.29, 0.717) is 31.9 Å². The second kappa shape index (κ2) is 8.59. The molecular formula is C16H26N2O2. The van der Waals surface area contributed by atoms with Crippen LogP contribution in [0.3, 0.4) is 0 Å². The van der Waals surface area contributed by atoms with Crippen molar-refractivity contribution in [3.63, 3.8) is 0 Å². The van der Waals surface area contributed by atoms with Crippen molar-refractivity contribution in [3.05, 3.63) is 29.8 Å². The Morgan fingerprint density at radius 2 is 2.10 bits per heavy atom. The number of ether oxygens (including phenoxy) is 1. The van der Waals surface area contributed by atoms with Gasteiger partial charge in [-0.3, -0.25) is 4.79 Å². The maximum atomic E-state index is 11.6. The summed E-state index contributed by atoms with van der Waals surface area (Å²) in [6.07, 6.45) is 1.19. The molecule has 1 unspecified atom stereocenters. The van der Waals surface area contributed by atoms with Crippen LogP contribution in [0.15, 0.2) is 24.3 Å². The predicted molar refractivity (Wildman–Crippen MR) is 81.5 cm³/mol. The van der Waals surface area contributed by atoms with E-state index in [9.17, 15) is 4.79 Å². The predicted octanol–water partition coefficient (Wildman–Crippen LogP) is 2.46. The molecule has 0 radical (unpaired) electrons. The lowest BCUT2D eigenvalue weighted by Crippen LogP contribution is -2.25. The molecule has 20 heavy (non-hydrogen) atoms. The van der Waals surface area contributed by atoms with Gasteiger partial charge in [-0.25, -0.2) is 0 Å². The number of nitrogens with two attached hydrogens (primary N) is 1. The average molecular weight is 278 g/mol. The zero-order chi connectivity index (χ0) is 15.0. The summed E-state index contributed by atoms with van der Waals surface area (Å²) in [5, 5.41) is 2.90. The normalized spacial score (nSPS) is 12.2. The summed E-state index contributed by atoms with van der Waals surface area (Å²) in [6, 6.07) is 7.89. The first kappa shape index (κ1) is 16.5. The van der Waals surface area contributed by atoms with Crippen LogP contribution in [-0.2, 0) is 11.3 Å². The first-order valence-corrected chi connectivity index (χ1v) is 7.21. The van der Waals surface area contributed by atoms with Crippen LogP contribution in [0, 0.1) is 5.92 Å². The maximum absolute atomic E-state index is 11.6. The summed E-state index contributed by atoms with van der Waals surface area (Å²) in [7, 11) is 0. The Hall–Kier alpha value is -1.55. The summed E-state index contributed by atoms with van der Waals surface area (Å²) >= 11 is 0. The molecule has 0 spiro atoms. The quantitative estimate of drug-likeness (QED) is 0.767. The van der Waals surface area contributed by atoms with Crippen LogP contribution < -0.4 is 15.8 Å². The molecule has 0 aliphatic heterocycles. The van der Waals surface area contributed by atoms with Crippen LogP contribution >= 0.6 is 0 Å². The van der Waals surface area contributed by atoms with Gasteiger partial charge in [0.2, 0.25) is 5.91 Å². The number of hydrogen-bond donors (Lipinski definition) is 2. The van der Waals surface area contributed by atoms with Crippen molar-refractivity contribution in [2.45, 2.75) is 46.2 Å². The van der Waals surface area contributed by atoms with E-state index >= 15 is 0 Å². The van der Waals surface area contributed by atoms with Gasteiger partial charge in [-0.05, 0) is 37.0 Å².